The molecule has 0 spiro atoms. The number of nitrogens with one attached hydrogen (secondary N) is 1. The first-order valence-electron chi connectivity index (χ1n) is 10.5. The topological polar surface area (TPSA) is 67.9 Å². The second kappa shape index (κ2) is 8.38. The quantitative estimate of drug-likeness (QED) is 0.812. The first kappa shape index (κ1) is 20.3. The van der Waals surface area contributed by atoms with Gasteiger partial charge >= 0.3 is 0 Å². The fourth-order valence-corrected chi connectivity index (χ4v) is 4.62. The number of anilines is 1. The summed E-state index contributed by atoms with van der Waals surface area (Å²) in [6.07, 6.45) is 3.72. The van der Waals surface area contributed by atoms with Crippen LogP contribution in [0.5, 0.6) is 11.5 Å². The molecule has 1 fully saturated rings. The Balaban J connectivity index is 1.75. The van der Waals surface area contributed by atoms with Crippen molar-refractivity contribution in [1.82, 2.24) is 4.90 Å². The van der Waals surface area contributed by atoms with Crippen LogP contribution in [0.3, 0.4) is 0 Å². The zero-order chi connectivity index (χ0) is 21.3. The van der Waals surface area contributed by atoms with Crippen molar-refractivity contribution in [3.05, 3.63) is 53.1 Å². The van der Waals surface area contributed by atoms with Gasteiger partial charge in [-0.15, -0.1) is 0 Å². The minimum atomic E-state index is -0.455. The number of nitrogens with zero attached hydrogens (tertiary/aromatic N) is 1. The van der Waals surface area contributed by atoms with Crippen LogP contribution < -0.4 is 14.8 Å². The molecule has 2 aliphatic heterocycles. The van der Waals surface area contributed by atoms with Gasteiger partial charge in [0.15, 0.2) is 11.5 Å². The molecule has 6 heteroatoms. The number of carbonyl (C=O) groups excluding carboxylic acids is 2. The number of piperidine rings is 1. The van der Waals surface area contributed by atoms with Gasteiger partial charge in [-0.1, -0.05) is 19.1 Å². The number of rotatable bonds is 5. The number of fused-ring (bicyclic) bond motifs is 2. The van der Waals surface area contributed by atoms with Crippen molar-refractivity contribution in [3.8, 4) is 11.5 Å². The van der Waals surface area contributed by atoms with Crippen molar-refractivity contribution in [3.63, 3.8) is 0 Å². The number of hydrogen-bond acceptors (Lipinski definition) is 4. The summed E-state index contributed by atoms with van der Waals surface area (Å²) < 4.78 is 10.9. The minimum Gasteiger partial charge on any atom is -0.493 e. The molecule has 0 saturated carbocycles. The van der Waals surface area contributed by atoms with E-state index in [0.717, 1.165) is 31.4 Å². The van der Waals surface area contributed by atoms with Gasteiger partial charge in [-0.25, -0.2) is 0 Å². The summed E-state index contributed by atoms with van der Waals surface area (Å²) in [7, 11) is 3.11. The van der Waals surface area contributed by atoms with Crippen LogP contribution >= 0.6 is 0 Å². The highest BCUT2D eigenvalue weighted by Crippen LogP contribution is 2.43. The van der Waals surface area contributed by atoms with E-state index in [1.165, 1.54) is 5.56 Å². The van der Waals surface area contributed by atoms with Gasteiger partial charge < -0.3 is 19.7 Å². The van der Waals surface area contributed by atoms with Gasteiger partial charge in [0, 0.05) is 23.8 Å². The highest BCUT2D eigenvalue weighted by atomic mass is 16.5. The van der Waals surface area contributed by atoms with Crippen LogP contribution in [0.1, 0.15) is 53.6 Å². The van der Waals surface area contributed by atoms with Crippen LogP contribution in [-0.4, -0.2) is 43.5 Å². The molecule has 2 aromatic rings. The van der Waals surface area contributed by atoms with Gasteiger partial charge in [0.1, 0.15) is 0 Å². The van der Waals surface area contributed by atoms with Crippen LogP contribution in [0.4, 0.5) is 5.69 Å². The molecule has 0 radical (unpaired) electrons. The molecule has 1 saturated heterocycles. The Morgan fingerprint density at radius 1 is 1.10 bits per heavy atom. The number of hydrogen-bond donors (Lipinski definition) is 1. The Morgan fingerprint density at radius 3 is 2.47 bits per heavy atom. The maximum atomic E-state index is 13.5. The van der Waals surface area contributed by atoms with Gasteiger partial charge in [-0.05, 0) is 61.1 Å². The number of methoxy groups -OCH3 is 2. The molecular weight excluding hydrogens is 380 g/mol. The lowest BCUT2D eigenvalue weighted by atomic mass is 9.78. The summed E-state index contributed by atoms with van der Waals surface area (Å²) in [5.41, 5.74) is 3.21. The Kier molecular flexibility index (Phi) is 5.66. The van der Waals surface area contributed by atoms with Gasteiger partial charge in [-0.3, -0.25) is 9.59 Å². The van der Waals surface area contributed by atoms with Crippen molar-refractivity contribution >= 4 is 17.5 Å². The normalized spacial score (nSPS) is 20.2. The van der Waals surface area contributed by atoms with Gasteiger partial charge in [-0.2, -0.15) is 0 Å². The summed E-state index contributed by atoms with van der Waals surface area (Å²) in [4.78, 5) is 28.6. The molecule has 2 atom stereocenters. The zero-order valence-corrected chi connectivity index (χ0v) is 17.7. The minimum absolute atomic E-state index is 0.0352. The Hall–Kier alpha value is -3.02. The number of aryl methyl sites for hydroxylation is 1. The lowest BCUT2D eigenvalue weighted by Crippen LogP contribution is -2.53. The summed E-state index contributed by atoms with van der Waals surface area (Å²) in [5.74, 6) is 0.431. The van der Waals surface area contributed by atoms with E-state index < -0.39 is 5.92 Å². The Bertz CT molecular complexity index is 954. The fourth-order valence-electron chi connectivity index (χ4n) is 4.62. The van der Waals surface area contributed by atoms with E-state index in [1.54, 1.807) is 26.4 Å². The van der Waals surface area contributed by atoms with Crippen LogP contribution in [0.2, 0.25) is 0 Å². The fraction of sp³-hybridized carbons (Fsp3) is 0.417. The maximum Gasteiger partial charge on any atom is 0.254 e. The van der Waals surface area contributed by atoms with E-state index in [0.29, 0.717) is 29.2 Å². The van der Waals surface area contributed by atoms with Crippen molar-refractivity contribution in [2.45, 2.75) is 44.6 Å². The number of benzene rings is 2. The maximum absolute atomic E-state index is 13.5. The molecule has 2 aliphatic rings. The zero-order valence-electron chi connectivity index (χ0n) is 17.7. The second-order valence-electron chi connectivity index (χ2n) is 7.87. The van der Waals surface area contributed by atoms with Crippen molar-refractivity contribution in [2.75, 3.05) is 26.1 Å². The third-order valence-electron chi connectivity index (χ3n) is 6.23. The molecule has 2 amide bonds. The average Bonchev–Trinajstić information content (AvgIpc) is 2.79. The van der Waals surface area contributed by atoms with E-state index >= 15 is 0 Å². The van der Waals surface area contributed by atoms with Gasteiger partial charge in [0.2, 0.25) is 5.91 Å². The molecule has 6 nitrogen and oxygen atoms in total. The van der Waals surface area contributed by atoms with Crippen LogP contribution in [0, 0.1) is 0 Å². The van der Waals surface area contributed by atoms with E-state index in [-0.39, 0.29) is 17.9 Å². The molecule has 158 valence electrons. The van der Waals surface area contributed by atoms with Crippen LogP contribution in [-0.2, 0) is 11.2 Å². The predicted octanol–water partition coefficient (Wildman–Crippen LogP) is 4.00. The smallest absolute Gasteiger partial charge is 0.254 e. The first-order valence-corrected chi connectivity index (χ1v) is 10.5. The standard InChI is InChI=1S/C24H28N2O4/c1-4-15-8-10-16(11-9-15)25-23(27)22-17-13-20(29-2)21(30-3)14-18(17)24(28)26-12-6-5-7-19(22)26/h8-11,13-14,19,22H,4-7,12H2,1-3H3,(H,25,27). The number of carbonyl (C=O) groups is 2. The highest BCUT2D eigenvalue weighted by Gasteiger charge is 2.44. The third kappa shape index (κ3) is 3.51. The van der Waals surface area contributed by atoms with Gasteiger partial charge in [0.25, 0.3) is 5.91 Å². The lowest BCUT2D eigenvalue weighted by Gasteiger charge is -2.44. The first-order chi connectivity index (χ1) is 14.6. The summed E-state index contributed by atoms with van der Waals surface area (Å²) >= 11 is 0. The Labute approximate surface area is 177 Å². The molecule has 0 aromatic heterocycles. The SMILES string of the molecule is CCc1ccc(NC(=O)C2c3cc(OC)c(OC)cc3C(=O)N3CCCCC23)cc1. The summed E-state index contributed by atoms with van der Waals surface area (Å²) in [5, 5.41) is 3.07. The largest absolute Gasteiger partial charge is 0.493 e. The molecule has 1 N–H and O–H groups in total. The van der Waals surface area contributed by atoms with E-state index in [4.69, 9.17) is 9.47 Å². The second-order valence-corrected chi connectivity index (χ2v) is 7.87. The summed E-state index contributed by atoms with van der Waals surface area (Å²) in [6.45, 7) is 2.77. The molecule has 0 aliphatic carbocycles. The average molecular weight is 408 g/mol. The Morgan fingerprint density at radius 2 is 1.80 bits per heavy atom. The molecule has 30 heavy (non-hydrogen) atoms. The van der Waals surface area contributed by atoms with Crippen molar-refractivity contribution in [1.29, 1.82) is 0 Å². The highest BCUT2D eigenvalue weighted by molar-refractivity contribution is 6.04. The summed E-state index contributed by atoms with van der Waals surface area (Å²) in [6, 6.07) is 11.3. The molecular formula is C24H28N2O4. The van der Waals surface area contributed by atoms with E-state index in [9.17, 15) is 9.59 Å². The molecule has 0 bridgehead atoms. The molecule has 2 heterocycles. The van der Waals surface area contributed by atoms with Crippen LogP contribution in [0.15, 0.2) is 36.4 Å². The molecule has 2 unspecified atom stereocenters. The van der Waals surface area contributed by atoms with E-state index in [2.05, 4.69) is 12.2 Å². The van der Waals surface area contributed by atoms with Crippen molar-refractivity contribution in [2.24, 2.45) is 0 Å². The van der Waals surface area contributed by atoms with Gasteiger partial charge in [0.05, 0.1) is 20.1 Å². The third-order valence-corrected chi connectivity index (χ3v) is 6.23. The predicted molar refractivity (Wildman–Crippen MR) is 115 cm³/mol. The van der Waals surface area contributed by atoms with E-state index in [1.807, 2.05) is 29.2 Å². The van der Waals surface area contributed by atoms with Crippen LogP contribution in [0.25, 0.3) is 0 Å². The number of amides is 2. The lowest BCUT2D eigenvalue weighted by molar-refractivity contribution is -0.119. The van der Waals surface area contributed by atoms with Crippen molar-refractivity contribution < 1.29 is 19.1 Å². The number of ether oxygens (including phenoxy) is 2. The monoisotopic (exact) mass is 408 g/mol. The molecule has 4 rings (SSSR count). The molecule has 2 aromatic carbocycles.